The average Bonchev–Trinajstić information content (AvgIpc) is 2.37. The number of nitrogens with zero attached hydrogens (tertiary/aromatic N) is 2. The number of aryl methyl sites for hydroxylation is 1. The van der Waals surface area contributed by atoms with Gasteiger partial charge in [0.2, 0.25) is 5.91 Å². The predicted octanol–water partition coefficient (Wildman–Crippen LogP) is 0.295. The fraction of sp³-hybridized carbons (Fsp3) is 0.583. The Morgan fingerprint density at radius 1 is 1.50 bits per heavy atom. The monoisotopic (exact) mass is 252 g/mol. The van der Waals surface area contributed by atoms with Gasteiger partial charge in [0.15, 0.2) is 0 Å². The molecule has 1 aromatic heterocycles. The molecule has 100 valence electrons. The lowest BCUT2D eigenvalue weighted by molar-refractivity contribution is -0.119. The molecule has 1 heterocycles. The van der Waals surface area contributed by atoms with Gasteiger partial charge in [-0.05, 0) is 6.42 Å². The highest BCUT2D eigenvalue weighted by Gasteiger charge is 2.12. The van der Waals surface area contributed by atoms with Gasteiger partial charge in [0.05, 0.1) is 6.54 Å². The fourth-order valence-corrected chi connectivity index (χ4v) is 1.62. The van der Waals surface area contributed by atoms with Gasteiger partial charge in [-0.2, -0.15) is 0 Å². The molecule has 0 saturated heterocycles. The van der Waals surface area contributed by atoms with E-state index in [1.807, 2.05) is 18.7 Å². The maximum Gasteiger partial charge on any atom is 0.252 e. The molecule has 0 saturated carbocycles. The largest absolute Gasteiger partial charge is 0.358 e. The minimum Gasteiger partial charge on any atom is -0.358 e. The molecule has 0 unspecified atom stereocenters. The van der Waals surface area contributed by atoms with Gasteiger partial charge in [-0.1, -0.05) is 13.8 Å². The van der Waals surface area contributed by atoms with Crippen LogP contribution in [0.4, 0.5) is 5.82 Å². The summed E-state index contributed by atoms with van der Waals surface area (Å²) in [6, 6.07) is 1.43. The lowest BCUT2D eigenvalue weighted by Gasteiger charge is -2.22. The molecular weight excluding hydrogens is 232 g/mol. The summed E-state index contributed by atoms with van der Waals surface area (Å²) >= 11 is 0. The van der Waals surface area contributed by atoms with E-state index in [1.165, 1.54) is 6.07 Å². The SMILES string of the molecule is CCCN(CC(=O)NC)c1cc(=O)[nH]c(CC)n1. The van der Waals surface area contributed by atoms with E-state index < -0.39 is 0 Å². The van der Waals surface area contributed by atoms with Crippen LogP contribution in [0.2, 0.25) is 0 Å². The molecule has 0 bridgehead atoms. The highest BCUT2D eigenvalue weighted by atomic mass is 16.2. The van der Waals surface area contributed by atoms with Crippen LogP contribution in [-0.2, 0) is 11.2 Å². The Labute approximate surface area is 106 Å². The van der Waals surface area contributed by atoms with Crippen LogP contribution in [0.25, 0.3) is 0 Å². The summed E-state index contributed by atoms with van der Waals surface area (Å²) in [7, 11) is 1.59. The van der Waals surface area contributed by atoms with Crippen molar-refractivity contribution >= 4 is 11.7 Å². The first-order chi connectivity index (χ1) is 8.60. The summed E-state index contributed by atoms with van der Waals surface area (Å²) in [5.41, 5.74) is -0.185. The molecule has 2 N–H and O–H groups in total. The Hall–Kier alpha value is -1.85. The van der Waals surface area contributed by atoms with Crippen LogP contribution in [0.3, 0.4) is 0 Å². The van der Waals surface area contributed by atoms with Crippen molar-refractivity contribution in [3.63, 3.8) is 0 Å². The standard InChI is InChI=1S/C12H20N4O2/c1-4-6-16(8-12(18)13-3)10-7-11(17)15-9(5-2)14-10/h7H,4-6,8H2,1-3H3,(H,13,18)(H,14,15,17). The lowest BCUT2D eigenvalue weighted by Crippen LogP contribution is -2.37. The van der Waals surface area contributed by atoms with Crippen LogP contribution >= 0.6 is 0 Å². The second-order valence-corrected chi connectivity index (χ2v) is 4.00. The normalized spacial score (nSPS) is 10.2. The van der Waals surface area contributed by atoms with Crippen molar-refractivity contribution in [2.45, 2.75) is 26.7 Å². The number of carbonyl (C=O) groups excluding carboxylic acids is 1. The first-order valence-electron chi connectivity index (χ1n) is 6.16. The second kappa shape index (κ2) is 6.78. The third-order valence-electron chi connectivity index (χ3n) is 2.54. The van der Waals surface area contributed by atoms with E-state index in [2.05, 4.69) is 15.3 Å². The number of H-pyrrole nitrogens is 1. The van der Waals surface area contributed by atoms with Gasteiger partial charge in [-0.25, -0.2) is 4.98 Å². The van der Waals surface area contributed by atoms with Crippen LogP contribution in [-0.4, -0.2) is 36.0 Å². The molecular formula is C12H20N4O2. The number of amides is 1. The highest BCUT2D eigenvalue weighted by molar-refractivity contribution is 5.80. The summed E-state index contributed by atoms with van der Waals surface area (Å²) in [4.78, 5) is 31.8. The van der Waals surface area contributed by atoms with Crippen molar-refractivity contribution < 1.29 is 4.79 Å². The molecule has 0 aliphatic rings. The number of anilines is 1. The molecule has 18 heavy (non-hydrogen) atoms. The molecule has 0 atom stereocenters. The smallest absolute Gasteiger partial charge is 0.252 e. The zero-order chi connectivity index (χ0) is 13.5. The molecule has 0 radical (unpaired) electrons. The Morgan fingerprint density at radius 3 is 2.78 bits per heavy atom. The quantitative estimate of drug-likeness (QED) is 0.763. The van der Waals surface area contributed by atoms with Gasteiger partial charge < -0.3 is 15.2 Å². The van der Waals surface area contributed by atoms with Crippen LogP contribution in [0.5, 0.6) is 0 Å². The zero-order valence-electron chi connectivity index (χ0n) is 11.1. The van der Waals surface area contributed by atoms with E-state index in [-0.39, 0.29) is 18.0 Å². The molecule has 6 heteroatoms. The van der Waals surface area contributed by atoms with Crippen molar-refractivity contribution in [1.29, 1.82) is 0 Å². The summed E-state index contributed by atoms with van der Waals surface area (Å²) in [6.45, 7) is 4.84. The summed E-state index contributed by atoms with van der Waals surface area (Å²) < 4.78 is 0. The molecule has 1 amide bonds. The van der Waals surface area contributed by atoms with Crippen molar-refractivity contribution in [3.8, 4) is 0 Å². The first-order valence-corrected chi connectivity index (χ1v) is 6.16. The van der Waals surface area contributed by atoms with Crippen LogP contribution in [0, 0.1) is 0 Å². The van der Waals surface area contributed by atoms with Gasteiger partial charge in [-0.15, -0.1) is 0 Å². The number of rotatable bonds is 6. The van der Waals surface area contributed by atoms with Crippen LogP contribution in [0.1, 0.15) is 26.1 Å². The summed E-state index contributed by atoms with van der Waals surface area (Å²) in [5, 5.41) is 2.57. The molecule has 0 aromatic carbocycles. The maximum atomic E-state index is 11.5. The lowest BCUT2D eigenvalue weighted by atomic mass is 10.3. The topological polar surface area (TPSA) is 78.1 Å². The maximum absolute atomic E-state index is 11.5. The van der Waals surface area contributed by atoms with Crippen LogP contribution in [0.15, 0.2) is 10.9 Å². The zero-order valence-corrected chi connectivity index (χ0v) is 11.1. The summed E-state index contributed by atoms with van der Waals surface area (Å²) in [5.74, 6) is 1.10. The van der Waals surface area contributed by atoms with Gasteiger partial charge in [-0.3, -0.25) is 9.59 Å². The van der Waals surface area contributed by atoms with Gasteiger partial charge in [0.1, 0.15) is 11.6 Å². The Kier molecular flexibility index (Phi) is 5.35. The molecule has 0 aliphatic heterocycles. The van der Waals surface area contributed by atoms with E-state index in [0.29, 0.717) is 24.6 Å². The second-order valence-electron chi connectivity index (χ2n) is 4.00. The van der Waals surface area contributed by atoms with Crippen molar-refractivity contribution in [3.05, 3.63) is 22.2 Å². The van der Waals surface area contributed by atoms with Gasteiger partial charge in [0.25, 0.3) is 5.56 Å². The Balaban J connectivity index is 3.00. The van der Waals surface area contributed by atoms with Gasteiger partial charge in [0, 0.05) is 26.1 Å². The third kappa shape index (κ3) is 3.87. The first kappa shape index (κ1) is 14.2. The van der Waals surface area contributed by atoms with E-state index in [0.717, 1.165) is 6.42 Å². The summed E-state index contributed by atoms with van der Waals surface area (Å²) in [6.07, 6.45) is 1.54. The van der Waals surface area contributed by atoms with E-state index in [9.17, 15) is 9.59 Å². The third-order valence-corrected chi connectivity index (χ3v) is 2.54. The number of hydrogen-bond acceptors (Lipinski definition) is 4. The average molecular weight is 252 g/mol. The number of hydrogen-bond donors (Lipinski definition) is 2. The number of aromatic amines is 1. The Bertz CT molecular complexity index is 456. The van der Waals surface area contributed by atoms with Gasteiger partial charge >= 0.3 is 0 Å². The minimum absolute atomic E-state index is 0.0939. The number of nitrogens with one attached hydrogen (secondary N) is 2. The minimum atomic E-state index is -0.185. The van der Waals surface area contributed by atoms with E-state index in [1.54, 1.807) is 7.05 Å². The predicted molar refractivity (Wildman–Crippen MR) is 70.8 cm³/mol. The number of carbonyl (C=O) groups is 1. The highest BCUT2D eigenvalue weighted by Crippen LogP contribution is 2.08. The number of aromatic nitrogens is 2. The van der Waals surface area contributed by atoms with Crippen molar-refractivity contribution in [1.82, 2.24) is 15.3 Å². The molecule has 0 spiro atoms. The molecule has 1 aromatic rings. The number of likely N-dealkylation sites (N-methyl/N-ethyl adjacent to an activating group) is 1. The van der Waals surface area contributed by atoms with Crippen molar-refractivity contribution in [2.75, 3.05) is 25.0 Å². The van der Waals surface area contributed by atoms with E-state index in [4.69, 9.17) is 0 Å². The van der Waals surface area contributed by atoms with E-state index >= 15 is 0 Å². The van der Waals surface area contributed by atoms with Crippen molar-refractivity contribution in [2.24, 2.45) is 0 Å². The van der Waals surface area contributed by atoms with Crippen LogP contribution < -0.4 is 15.8 Å². The Morgan fingerprint density at radius 2 is 2.22 bits per heavy atom. The molecule has 0 fully saturated rings. The molecule has 6 nitrogen and oxygen atoms in total. The molecule has 1 rings (SSSR count). The molecule has 0 aliphatic carbocycles. The fourth-order valence-electron chi connectivity index (χ4n) is 1.62.